The molecular formula is C16H14N2O. The second-order valence-corrected chi connectivity index (χ2v) is 4.70. The number of aryl methyl sites for hydroxylation is 2. The van der Waals surface area contributed by atoms with Gasteiger partial charge in [0.1, 0.15) is 5.69 Å². The molecule has 0 saturated carbocycles. The summed E-state index contributed by atoms with van der Waals surface area (Å²) >= 11 is 0. The molecule has 0 aliphatic rings. The highest BCUT2D eigenvalue weighted by Gasteiger charge is 2.11. The largest absolute Gasteiger partial charge is 0.344 e. The lowest BCUT2D eigenvalue weighted by molar-refractivity contribution is 0.111. The topological polar surface area (TPSA) is 34.9 Å². The quantitative estimate of drug-likeness (QED) is 0.654. The summed E-state index contributed by atoms with van der Waals surface area (Å²) < 4.78 is 2.10. The highest BCUT2D eigenvalue weighted by Crippen LogP contribution is 2.28. The number of nitrogens with zero attached hydrogens (tertiary/aromatic N) is 2. The molecule has 3 heteroatoms. The molecule has 2 aromatic heterocycles. The van der Waals surface area contributed by atoms with Crippen LogP contribution in [-0.4, -0.2) is 15.8 Å². The number of carbonyl (C=O) groups excluding carboxylic acids is 1. The van der Waals surface area contributed by atoms with Gasteiger partial charge in [0, 0.05) is 29.7 Å². The van der Waals surface area contributed by atoms with Crippen molar-refractivity contribution < 1.29 is 4.79 Å². The Hall–Kier alpha value is -2.42. The van der Waals surface area contributed by atoms with Crippen molar-refractivity contribution in [2.75, 3.05) is 0 Å². The molecule has 0 spiro atoms. The zero-order chi connectivity index (χ0) is 13.4. The van der Waals surface area contributed by atoms with Gasteiger partial charge in [-0.05, 0) is 36.8 Å². The molecule has 0 unspecified atom stereocenters. The Morgan fingerprint density at radius 2 is 2.05 bits per heavy atom. The van der Waals surface area contributed by atoms with Crippen LogP contribution in [0.1, 0.15) is 16.1 Å². The summed E-state index contributed by atoms with van der Waals surface area (Å²) in [5.41, 5.74) is 4.74. The number of pyridine rings is 1. The molecule has 0 atom stereocenters. The molecular weight excluding hydrogens is 236 g/mol. The first kappa shape index (κ1) is 11.7. The number of benzene rings is 1. The number of hydrogen-bond acceptors (Lipinski definition) is 2. The Labute approximate surface area is 111 Å². The van der Waals surface area contributed by atoms with Gasteiger partial charge < -0.3 is 4.57 Å². The van der Waals surface area contributed by atoms with Crippen LogP contribution in [0, 0.1) is 6.92 Å². The zero-order valence-electron chi connectivity index (χ0n) is 10.9. The number of hydrogen-bond donors (Lipinski definition) is 0. The monoisotopic (exact) mass is 250 g/mol. The van der Waals surface area contributed by atoms with Gasteiger partial charge >= 0.3 is 0 Å². The van der Waals surface area contributed by atoms with Crippen molar-refractivity contribution in [2.45, 2.75) is 6.92 Å². The summed E-state index contributed by atoms with van der Waals surface area (Å²) in [4.78, 5) is 15.2. The van der Waals surface area contributed by atoms with E-state index in [-0.39, 0.29) is 0 Å². The van der Waals surface area contributed by atoms with Crippen LogP contribution in [0.3, 0.4) is 0 Å². The van der Waals surface area contributed by atoms with E-state index in [9.17, 15) is 4.79 Å². The first-order valence-corrected chi connectivity index (χ1v) is 6.17. The van der Waals surface area contributed by atoms with Gasteiger partial charge in [0.15, 0.2) is 6.29 Å². The van der Waals surface area contributed by atoms with E-state index >= 15 is 0 Å². The molecule has 0 bridgehead atoms. The van der Waals surface area contributed by atoms with Gasteiger partial charge in [-0.25, -0.2) is 0 Å². The van der Waals surface area contributed by atoms with Gasteiger partial charge in [-0.2, -0.15) is 0 Å². The van der Waals surface area contributed by atoms with Crippen molar-refractivity contribution in [1.82, 2.24) is 9.55 Å². The normalized spacial score (nSPS) is 10.8. The summed E-state index contributed by atoms with van der Waals surface area (Å²) in [6, 6.07) is 12.2. The lowest BCUT2D eigenvalue weighted by Gasteiger charge is -2.06. The maximum Gasteiger partial charge on any atom is 0.169 e. The van der Waals surface area contributed by atoms with Crippen molar-refractivity contribution in [2.24, 2.45) is 7.05 Å². The number of aromatic nitrogens is 2. The number of fused-ring (bicyclic) bond motifs is 1. The number of carbonyl (C=O) groups is 1. The van der Waals surface area contributed by atoms with E-state index in [1.807, 2.05) is 19.2 Å². The van der Waals surface area contributed by atoms with E-state index in [0.717, 1.165) is 23.1 Å². The molecule has 3 rings (SSSR count). The van der Waals surface area contributed by atoms with E-state index in [1.54, 1.807) is 6.20 Å². The molecule has 0 amide bonds. The van der Waals surface area contributed by atoms with Gasteiger partial charge in [-0.15, -0.1) is 0 Å². The number of aldehydes is 1. The molecule has 19 heavy (non-hydrogen) atoms. The lowest BCUT2D eigenvalue weighted by atomic mass is 10.1. The average molecular weight is 250 g/mol. The highest BCUT2D eigenvalue weighted by molar-refractivity contribution is 5.91. The van der Waals surface area contributed by atoms with Crippen LogP contribution < -0.4 is 0 Å². The summed E-state index contributed by atoms with van der Waals surface area (Å²) in [7, 11) is 2.01. The second kappa shape index (κ2) is 4.35. The second-order valence-electron chi connectivity index (χ2n) is 4.70. The van der Waals surface area contributed by atoms with Crippen LogP contribution in [0.15, 0.2) is 42.6 Å². The maximum atomic E-state index is 11.1. The van der Waals surface area contributed by atoms with E-state index in [1.165, 1.54) is 10.9 Å². The molecule has 0 saturated heterocycles. The van der Waals surface area contributed by atoms with Crippen LogP contribution in [0.5, 0.6) is 0 Å². The van der Waals surface area contributed by atoms with Gasteiger partial charge in [0.25, 0.3) is 0 Å². The smallest absolute Gasteiger partial charge is 0.169 e. The molecule has 0 N–H and O–H groups in total. The van der Waals surface area contributed by atoms with Crippen LogP contribution in [0.25, 0.3) is 22.2 Å². The third-order valence-electron chi connectivity index (χ3n) is 3.43. The fourth-order valence-corrected chi connectivity index (χ4v) is 2.43. The van der Waals surface area contributed by atoms with Crippen molar-refractivity contribution >= 4 is 17.2 Å². The van der Waals surface area contributed by atoms with Crippen molar-refractivity contribution in [3.8, 4) is 11.3 Å². The van der Waals surface area contributed by atoms with Crippen molar-refractivity contribution in [3.63, 3.8) is 0 Å². The van der Waals surface area contributed by atoms with Crippen molar-refractivity contribution in [3.05, 3.63) is 53.9 Å². The number of rotatable bonds is 2. The maximum absolute atomic E-state index is 11.1. The van der Waals surface area contributed by atoms with Gasteiger partial charge in [0.2, 0.25) is 0 Å². The molecule has 3 nitrogen and oxygen atoms in total. The minimum atomic E-state index is 0.477. The van der Waals surface area contributed by atoms with Crippen LogP contribution in [0.2, 0.25) is 0 Å². The first-order valence-electron chi connectivity index (χ1n) is 6.17. The van der Waals surface area contributed by atoms with E-state index < -0.39 is 0 Å². The molecule has 0 aliphatic heterocycles. The molecule has 94 valence electrons. The van der Waals surface area contributed by atoms with Crippen LogP contribution in [0.4, 0.5) is 0 Å². The van der Waals surface area contributed by atoms with E-state index in [4.69, 9.17) is 0 Å². The Kier molecular flexibility index (Phi) is 2.67. The highest BCUT2D eigenvalue weighted by atomic mass is 16.1. The Balaban J connectivity index is 2.31. The third-order valence-corrected chi connectivity index (χ3v) is 3.43. The predicted molar refractivity (Wildman–Crippen MR) is 76.3 cm³/mol. The summed E-state index contributed by atoms with van der Waals surface area (Å²) in [6.07, 6.45) is 2.44. The Morgan fingerprint density at radius 1 is 1.21 bits per heavy atom. The molecule has 0 fully saturated rings. The van der Waals surface area contributed by atoms with E-state index in [0.29, 0.717) is 5.69 Å². The van der Waals surface area contributed by atoms with E-state index in [2.05, 4.69) is 40.7 Å². The SMILES string of the molecule is Cc1ccc2cc(-c3cccnc3C=O)n(C)c2c1. The minimum Gasteiger partial charge on any atom is -0.344 e. The lowest BCUT2D eigenvalue weighted by Crippen LogP contribution is -1.96. The Morgan fingerprint density at radius 3 is 2.84 bits per heavy atom. The fourth-order valence-electron chi connectivity index (χ4n) is 2.43. The molecule has 3 aromatic rings. The molecule has 2 heterocycles. The summed E-state index contributed by atoms with van der Waals surface area (Å²) in [5, 5.41) is 1.17. The molecule has 0 aliphatic carbocycles. The predicted octanol–water partition coefficient (Wildman–Crippen LogP) is 3.36. The summed E-state index contributed by atoms with van der Waals surface area (Å²) in [5.74, 6) is 0. The average Bonchev–Trinajstić information content (AvgIpc) is 2.76. The van der Waals surface area contributed by atoms with Gasteiger partial charge in [0.05, 0.1) is 5.69 Å². The third kappa shape index (κ3) is 1.83. The van der Waals surface area contributed by atoms with Gasteiger partial charge in [-0.1, -0.05) is 12.1 Å². The molecule has 0 radical (unpaired) electrons. The van der Waals surface area contributed by atoms with Crippen LogP contribution in [-0.2, 0) is 7.05 Å². The minimum absolute atomic E-state index is 0.477. The summed E-state index contributed by atoms with van der Waals surface area (Å²) in [6.45, 7) is 2.08. The van der Waals surface area contributed by atoms with Gasteiger partial charge in [-0.3, -0.25) is 9.78 Å². The van der Waals surface area contributed by atoms with Crippen molar-refractivity contribution in [1.29, 1.82) is 0 Å². The fraction of sp³-hybridized carbons (Fsp3) is 0.125. The first-order chi connectivity index (χ1) is 9.20. The molecule has 1 aromatic carbocycles. The standard InChI is InChI=1S/C16H14N2O/c1-11-5-6-12-9-16(18(2)15(12)8-11)13-4-3-7-17-14(13)10-19/h3-10H,1-2H3. The Bertz CT molecular complexity index is 772. The zero-order valence-corrected chi connectivity index (χ0v) is 10.9. The van der Waals surface area contributed by atoms with Crippen LogP contribution >= 0.6 is 0 Å².